The lowest BCUT2D eigenvalue weighted by atomic mass is 9.96. The molecular weight excluding hydrogens is 254 g/mol. The number of hydrogen-bond acceptors (Lipinski definition) is 4. The Morgan fingerprint density at radius 1 is 1.16 bits per heavy atom. The van der Waals surface area contributed by atoms with Crippen LogP contribution in [-0.2, 0) is 6.54 Å². The van der Waals surface area contributed by atoms with Crippen molar-refractivity contribution in [3.63, 3.8) is 0 Å². The molecule has 100 valence electrons. The van der Waals surface area contributed by atoms with E-state index in [1.807, 2.05) is 30.6 Å². The van der Waals surface area contributed by atoms with E-state index >= 15 is 0 Å². The highest BCUT2D eigenvalue weighted by Crippen LogP contribution is 2.24. The molecule has 1 fully saturated rings. The smallest absolute Gasteiger partial charge is 0.107 e. The van der Waals surface area contributed by atoms with Crippen LogP contribution in [0.2, 0.25) is 0 Å². The fraction of sp³-hybridized carbons (Fsp3) is 0.467. The maximum absolute atomic E-state index is 4.49. The zero-order chi connectivity index (χ0) is 12.9. The van der Waals surface area contributed by atoms with Crippen molar-refractivity contribution in [2.24, 2.45) is 0 Å². The molecule has 0 aliphatic heterocycles. The lowest BCUT2D eigenvalue weighted by Gasteiger charge is -2.22. The Kier molecular flexibility index (Phi) is 4.20. The fourth-order valence-corrected chi connectivity index (χ4v) is 3.40. The molecule has 2 heterocycles. The normalized spacial score (nSPS) is 16.6. The highest BCUT2D eigenvalue weighted by Gasteiger charge is 2.13. The quantitative estimate of drug-likeness (QED) is 0.924. The molecule has 4 heteroatoms. The first-order valence-electron chi connectivity index (χ1n) is 7.01. The molecule has 0 atom stereocenters. The number of aromatic nitrogens is 2. The number of rotatable bonds is 4. The lowest BCUT2D eigenvalue weighted by Crippen LogP contribution is -2.30. The Morgan fingerprint density at radius 2 is 2.05 bits per heavy atom. The van der Waals surface area contributed by atoms with Crippen LogP contribution in [0.25, 0.3) is 10.6 Å². The summed E-state index contributed by atoms with van der Waals surface area (Å²) in [6.45, 7) is 0.891. The van der Waals surface area contributed by atoms with E-state index in [0.717, 1.165) is 22.1 Å². The second kappa shape index (κ2) is 6.26. The van der Waals surface area contributed by atoms with E-state index in [-0.39, 0.29) is 0 Å². The van der Waals surface area contributed by atoms with Gasteiger partial charge in [0.2, 0.25) is 0 Å². The molecule has 1 N–H and O–H groups in total. The molecule has 0 bridgehead atoms. The van der Waals surface area contributed by atoms with Crippen LogP contribution in [0.4, 0.5) is 0 Å². The topological polar surface area (TPSA) is 37.8 Å². The molecule has 0 radical (unpaired) electrons. The summed E-state index contributed by atoms with van der Waals surface area (Å²) in [6, 6.07) is 6.68. The van der Waals surface area contributed by atoms with Crippen LogP contribution in [0, 0.1) is 0 Å². The minimum absolute atomic E-state index is 0.691. The fourth-order valence-electron chi connectivity index (χ4n) is 2.56. The first-order chi connectivity index (χ1) is 9.42. The molecule has 1 aliphatic carbocycles. The van der Waals surface area contributed by atoms with Crippen LogP contribution >= 0.6 is 11.3 Å². The summed E-state index contributed by atoms with van der Waals surface area (Å²) in [7, 11) is 0. The van der Waals surface area contributed by atoms with Crippen molar-refractivity contribution in [1.29, 1.82) is 0 Å². The number of nitrogens with zero attached hydrogens (tertiary/aromatic N) is 2. The molecule has 2 aromatic rings. The highest BCUT2D eigenvalue weighted by atomic mass is 32.1. The van der Waals surface area contributed by atoms with Crippen molar-refractivity contribution < 1.29 is 0 Å². The zero-order valence-electron chi connectivity index (χ0n) is 11.0. The summed E-state index contributed by atoms with van der Waals surface area (Å²) in [5.41, 5.74) is 1.02. The molecule has 0 spiro atoms. The largest absolute Gasteiger partial charge is 0.308 e. The Morgan fingerprint density at radius 3 is 2.84 bits per heavy atom. The summed E-state index contributed by atoms with van der Waals surface area (Å²) in [4.78, 5) is 10.0. The third-order valence-corrected chi connectivity index (χ3v) is 4.64. The monoisotopic (exact) mass is 273 g/mol. The van der Waals surface area contributed by atoms with Crippen molar-refractivity contribution in [3.05, 3.63) is 35.6 Å². The van der Waals surface area contributed by atoms with Crippen LogP contribution in [-0.4, -0.2) is 16.0 Å². The number of pyridine rings is 1. The number of nitrogens with one attached hydrogen (secondary N) is 1. The summed E-state index contributed by atoms with van der Waals surface area (Å²) in [5.74, 6) is 0. The molecular formula is C15H19N3S. The summed E-state index contributed by atoms with van der Waals surface area (Å²) in [6.07, 6.45) is 10.5. The third-order valence-electron chi connectivity index (χ3n) is 3.62. The average Bonchev–Trinajstić information content (AvgIpc) is 2.96. The molecule has 1 aliphatic rings. The number of hydrogen-bond donors (Lipinski definition) is 1. The molecule has 0 aromatic carbocycles. The second-order valence-electron chi connectivity index (χ2n) is 5.05. The van der Waals surface area contributed by atoms with Crippen molar-refractivity contribution in [2.75, 3.05) is 0 Å². The Balaban J connectivity index is 1.59. The number of thiazole rings is 1. The van der Waals surface area contributed by atoms with E-state index in [2.05, 4.69) is 15.3 Å². The van der Waals surface area contributed by atoms with E-state index in [1.54, 1.807) is 11.3 Å². The maximum atomic E-state index is 4.49. The van der Waals surface area contributed by atoms with Gasteiger partial charge in [0.15, 0.2) is 0 Å². The molecule has 3 nitrogen and oxygen atoms in total. The van der Waals surface area contributed by atoms with Gasteiger partial charge in [-0.2, -0.15) is 0 Å². The summed E-state index contributed by atoms with van der Waals surface area (Å²) in [5, 5.41) is 4.79. The van der Waals surface area contributed by atoms with Gasteiger partial charge >= 0.3 is 0 Å². The summed E-state index contributed by atoms with van der Waals surface area (Å²) < 4.78 is 0. The van der Waals surface area contributed by atoms with E-state index in [1.165, 1.54) is 32.1 Å². The minimum Gasteiger partial charge on any atom is -0.308 e. The maximum Gasteiger partial charge on any atom is 0.107 e. The van der Waals surface area contributed by atoms with E-state index in [0.29, 0.717) is 6.04 Å². The van der Waals surface area contributed by atoms with Crippen molar-refractivity contribution in [3.8, 4) is 10.6 Å². The van der Waals surface area contributed by atoms with Crippen molar-refractivity contribution >= 4 is 11.3 Å². The molecule has 0 unspecified atom stereocenters. The van der Waals surface area contributed by atoms with Gasteiger partial charge < -0.3 is 5.32 Å². The second-order valence-corrected chi connectivity index (χ2v) is 6.16. The summed E-state index contributed by atoms with van der Waals surface area (Å²) >= 11 is 1.74. The molecule has 0 saturated heterocycles. The molecule has 3 rings (SSSR count). The van der Waals surface area contributed by atoms with Gasteiger partial charge in [-0.15, -0.1) is 11.3 Å². The lowest BCUT2D eigenvalue weighted by molar-refractivity contribution is 0.372. The van der Waals surface area contributed by atoms with Crippen LogP contribution in [0.5, 0.6) is 0 Å². The van der Waals surface area contributed by atoms with E-state index in [9.17, 15) is 0 Å². The van der Waals surface area contributed by atoms with Gasteiger partial charge in [-0.1, -0.05) is 25.3 Å². The Hall–Kier alpha value is -1.26. The molecule has 1 saturated carbocycles. The molecule has 2 aromatic heterocycles. The van der Waals surface area contributed by atoms with E-state index in [4.69, 9.17) is 0 Å². The molecule has 19 heavy (non-hydrogen) atoms. The van der Waals surface area contributed by atoms with Gasteiger partial charge in [0.25, 0.3) is 0 Å². The van der Waals surface area contributed by atoms with Crippen LogP contribution < -0.4 is 5.32 Å². The standard InChI is InChI=1S/C15H19N3S/c1-2-6-12(7-3-1)17-11-15-18-10-14(19-15)13-8-4-5-9-16-13/h4-5,8-10,12,17H,1-3,6-7,11H2. The Bertz CT molecular complexity index is 503. The van der Waals surface area contributed by atoms with Gasteiger partial charge in [0.1, 0.15) is 5.01 Å². The van der Waals surface area contributed by atoms with E-state index < -0.39 is 0 Å². The first-order valence-corrected chi connectivity index (χ1v) is 7.83. The minimum atomic E-state index is 0.691. The predicted molar refractivity (Wildman–Crippen MR) is 79.1 cm³/mol. The predicted octanol–water partition coefficient (Wildman–Crippen LogP) is 3.63. The van der Waals surface area contributed by atoms with Crippen molar-refractivity contribution in [1.82, 2.24) is 15.3 Å². The van der Waals surface area contributed by atoms with Gasteiger partial charge in [0, 0.05) is 25.0 Å². The van der Waals surface area contributed by atoms with Gasteiger partial charge in [-0.05, 0) is 25.0 Å². The highest BCUT2D eigenvalue weighted by molar-refractivity contribution is 7.15. The first kappa shape index (κ1) is 12.8. The van der Waals surface area contributed by atoms with Crippen LogP contribution in [0.3, 0.4) is 0 Å². The van der Waals surface area contributed by atoms with Crippen LogP contribution in [0.1, 0.15) is 37.1 Å². The SMILES string of the molecule is c1ccc(-c2cnc(CNC3CCCCC3)s2)nc1. The van der Waals surface area contributed by atoms with Gasteiger partial charge in [-0.3, -0.25) is 4.98 Å². The molecule has 0 amide bonds. The van der Waals surface area contributed by atoms with Crippen LogP contribution in [0.15, 0.2) is 30.6 Å². The Labute approximate surface area is 118 Å². The van der Waals surface area contributed by atoms with Gasteiger partial charge in [0.05, 0.1) is 10.6 Å². The zero-order valence-corrected chi connectivity index (χ0v) is 11.8. The average molecular weight is 273 g/mol. The van der Waals surface area contributed by atoms with Crippen molar-refractivity contribution in [2.45, 2.75) is 44.7 Å². The third kappa shape index (κ3) is 3.39. The van der Waals surface area contributed by atoms with Gasteiger partial charge in [-0.25, -0.2) is 4.98 Å².